The summed E-state index contributed by atoms with van der Waals surface area (Å²) < 4.78 is 4.74. The van der Waals surface area contributed by atoms with E-state index in [-0.39, 0.29) is 24.4 Å². The lowest BCUT2D eigenvalue weighted by Gasteiger charge is -2.30. The van der Waals surface area contributed by atoms with Crippen LogP contribution in [0, 0.1) is 0 Å². The highest BCUT2D eigenvalue weighted by atomic mass is 16.5. The third kappa shape index (κ3) is 3.46. The molecule has 3 amide bonds. The molecule has 0 aromatic carbocycles. The van der Waals surface area contributed by atoms with Gasteiger partial charge < -0.3 is 19.6 Å². The standard InChI is InChI=1S/C12H19N5O3/c1-16(2)12(19)13-7-10(18)17-5-3-9(4-6-17)11-14-8-20-15-11/h8-9H,3-7H2,1-2H3,(H,13,19). The lowest BCUT2D eigenvalue weighted by Crippen LogP contribution is -2.45. The minimum absolute atomic E-state index is 0.0316. The molecule has 0 bridgehead atoms. The number of urea groups is 1. The summed E-state index contributed by atoms with van der Waals surface area (Å²) in [5.41, 5.74) is 0. The van der Waals surface area contributed by atoms with E-state index in [0.717, 1.165) is 12.8 Å². The van der Waals surface area contributed by atoms with Crippen LogP contribution in [0.15, 0.2) is 10.9 Å². The van der Waals surface area contributed by atoms with Crippen molar-refractivity contribution in [3.05, 3.63) is 12.2 Å². The molecule has 0 unspecified atom stereocenters. The number of hydrogen-bond donors (Lipinski definition) is 1. The van der Waals surface area contributed by atoms with Gasteiger partial charge in [0.25, 0.3) is 0 Å². The van der Waals surface area contributed by atoms with Crippen LogP contribution in [0.5, 0.6) is 0 Å². The maximum absolute atomic E-state index is 12.0. The molecule has 1 aliphatic rings. The molecule has 20 heavy (non-hydrogen) atoms. The first-order chi connectivity index (χ1) is 9.58. The van der Waals surface area contributed by atoms with Gasteiger partial charge in [-0.15, -0.1) is 0 Å². The molecule has 2 heterocycles. The van der Waals surface area contributed by atoms with Gasteiger partial charge in [-0.05, 0) is 12.8 Å². The van der Waals surface area contributed by atoms with E-state index in [1.165, 1.54) is 11.3 Å². The SMILES string of the molecule is CN(C)C(=O)NCC(=O)N1CCC(c2ncon2)CC1. The zero-order valence-electron chi connectivity index (χ0n) is 11.7. The summed E-state index contributed by atoms with van der Waals surface area (Å²) in [7, 11) is 3.27. The molecule has 0 saturated carbocycles. The highest BCUT2D eigenvalue weighted by molar-refractivity contribution is 5.83. The molecule has 110 valence electrons. The van der Waals surface area contributed by atoms with Crippen LogP contribution in [-0.2, 0) is 4.79 Å². The van der Waals surface area contributed by atoms with Gasteiger partial charge in [0.05, 0.1) is 6.54 Å². The first-order valence-corrected chi connectivity index (χ1v) is 6.57. The third-order valence-corrected chi connectivity index (χ3v) is 3.39. The van der Waals surface area contributed by atoms with Crippen molar-refractivity contribution >= 4 is 11.9 Å². The van der Waals surface area contributed by atoms with Crippen molar-refractivity contribution in [1.82, 2.24) is 25.3 Å². The van der Waals surface area contributed by atoms with Gasteiger partial charge in [0.2, 0.25) is 12.3 Å². The van der Waals surface area contributed by atoms with E-state index in [2.05, 4.69) is 15.5 Å². The quantitative estimate of drug-likeness (QED) is 0.845. The Balaban J connectivity index is 1.76. The summed E-state index contributed by atoms with van der Waals surface area (Å²) in [6, 6.07) is -0.264. The van der Waals surface area contributed by atoms with E-state index in [1.807, 2.05) is 0 Å². The summed E-state index contributed by atoms with van der Waals surface area (Å²) in [6.45, 7) is 1.33. The molecular formula is C12H19N5O3. The Morgan fingerprint density at radius 1 is 1.45 bits per heavy atom. The van der Waals surface area contributed by atoms with Gasteiger partial charge in [-0.1, -0.05) is 5.16 Å². The maximum Gasteiger partial charge on any atom is 0.317 e. The molecule has 0 aliphatic carbocycles. The van der Waals surface area contributed by atoms with Gasteiger partial charge in [0.15, 0.2) is 5.82 Å². The fraction of sp³-hybridized carbons (Fsp3) is 0.667. The molecule has 1 aromatic rings. The number of amides is 3. The van der Waals surface area contributed by atoms with Crippen molar-refractivity contribution in [2.24, 2.45) is 0 Å². The molecule has 1 aromatic heterocycles. The molecule has 1 fully saturated rings. The molecule has 2 rings (SSSR count). The van der Waals surface area contributed by atoms with Crippen molar-refractivity contribution in [2.75, 3.05) is 33.7 Å². The molecule has 0 spiro atoms. The number of aromatic nitrogens is 2. The number of nitrogens with one attached hydrogen (secondary N) is 1. The smallest absolute Gasteiger partial charge is 0.317 e. The number of carbonyl (C=O) groups is 2. The monoisotopic (exact) mass is 281 g/mol. The Bertz CT molecular complexity index is 452. The summed E-state index contributed by atoms with van der Waals surface area (Å²) in [5, 5.41) is 6.41. The highest BCUT2D eigenvalue weighted by Crippen LogP contribution is 2.25. The van der Waals surface area contributed by atoms with E-state index in [0.29, 0.717) is 18.9 Å². The average Bonchev–Trinajstić information content (AvgIpc) is 2.98. The van der Waals surface area contributed by atoms with Gasteiger partial charge in [0.1, 0.15) is 0 Å². The zero-order chi connectivity index (χ0) is 14.5. The Hall–Kier alpha value is -2.12. The van der Waals surface area contributed by atoms with Crippen molar-refractivity contribution in [1.29, 1.82) is 0 Å². The first-order valence-electron chi connectivity index (χ1n) is 6.57. The van der Waals surface area contributed by atoms with Crippen molar-refractivity contribution < 1.29 is 14.1 Å². The van der Waals surface area contributed by atoms with Crippen LogP contribution in [0.3, 0.4) is 0 Å². The van der Waals surface area contributed by atoms with E-state index >= 15 is 0 Å². The normalized spacial score (nSPS) is 16.0. The first kappa shape index (κ1) is 14.3. The molecule has 0 atom stereocenters. The van der Waals surface area contributed by atoms with Crippen molar-refractivity contribution in [3.63, 3.8) is 0 Å². The second-order valence-electron chi connectivity index (χ2n) is 5.00. The third-order valence-electron chi connectivity index (χ3n) is 3.39. The molecule has 1 aliphatic heterocycles. The van der Waals surface area contributed by atoms with E-state index in [1.54, 1.807) is 19.0 Å². The van der Waals surface area contributed by atoms with Gasteiger partial charge in [-0.2, -0.15) is 4.98 Å². The van der Waals surface area contributed by atoms with Gasteiger partial charge >= 0.3 is 6.03 Å². The Morgan fingerprint density at radius 2 is 2.15 bits per heavy atom. The number of rotatable bonds is 3. The summed E-state index contributed by atoms with van der Waals surface area (Å²) in [4.78, 5) is 30.5. The lowest BCUT2D eigenvalue weighted by atomic mass is 9.96. The Kier molecular flexibility index (Phi) is 4.54. The molecule has 1 N–H and O–H groups in total. The van der Waals surface area contributed by atoms with Crippen LogP contribution in [0.1, 0.15) is 24.6 Å². The number of nitrogens with zero attached hydrogens (tertiary/aromatic N) is 4. The van der Waals surface area contributed by atoms with Gasteiger partial charge in [0, 0.05) is 33.1 Å². The van der Waals surface area contributed by atoms with Crippen LogP contribution in [0.25, 0.3) is 0 Å². The van der Waals surface area contributed by atoms with Crippen LogP contribution >= 0.6 is 0 Å². The fourth-order valence-electron chi connectivity index (χ4n) is 2.17. The second kappa shape index (κ2) is 6.36. The average molecular weight is 281 g/mol. The summed E-state index contributed by atoms with van der Waals surface area (Å²) >= 11 is 0. The van der Waals surface area contributed by atoms with Crippen LogP contribution in [0.2, 0.25) is 0 Å². The van der Waals surface area contributed by atoms with Crippen LogP contribution in [0.4, 0.5) is 4.79 Å². The number of piperidine rings is 1. The predicted molar refractivity (Wildman–Crippen MR) is 69.9 cm³/mol. The predicted octanol–water partition coefficient (Wildman–Crippen LogP) is 0.0468. The minimum Gasteiger partial charge on any atom is -0.343 e. The molecule has 0 radical (unpaired) electrons. The minimum atomic E-state index is -0.264. The van der Waals surface area contributed by atoms with Gasteiger partial charge in [-0.25, -0.2) is 4.79 Å². The molecule has 8 nitrogen and oxygen atoms in total. The summed E-state index contributed by atoms with van der Waals surface area (Å²) in [6.07, 6.45) is 2.95. The van der Waals surface area contributed by atoms with E-state index < -0.39 is 0 Å². The highest BCUT2D eigenvalue weighted by Gasteiger charge is 2.26. The number of carbonyl (C=O) groups excluding carboxylic acids is 2. The topological polar surface area (TPSA) is 91.6 Å². The van der Waals surface area contributed by atoms with E-state index in [4.69, 9.17) is 4.52 Å². The molecular weight excluding hydrogens is 262 g/mol. The Labute approximate surface area is 117 Å². The largest absolute Gasteiger partial charge is 0.343 e. The maximum atomic E-state index is 12.0. The van der Waals surface area contributed by atoms with Crippen molar-refractivity contribution in [3.8, 4) is 0 Å². The van der Waals surface area contributed by atoms with E-state index in [9.17, 15) is 9.59 Å². The second-order valence-corrected chi connectivity index (χ2v) is 5.00. The van der Waals surface area contributed by atoms with Crippen LogP contribution in [-0.4, -0.2) is 65.6 Å². The van der Waals surface area contributed by atoms with Crippen molar-refractivity contribution in [2.45, 2.75) is 18.8 Å². The molecule has 8 heteroatoms. The Morgan fingerprint density at radius 3 is 2.70 bits per heavy atom. The number of hydrogen-bond acceptors (Lipinski definition) is 5. The van der Waals surface area contributed by atoms with Gasteiger partial charge in [-0.3, -0.25) is 4.79 Å². The summed E-state index contributed by atoms with van der Waals surface area (Å²) in [5.74, 6) is 0.888. The lowest BCUT2D eigenvalue weighted by molar-refractivity contribution is -0.131. The van der Waals surface area contributed by atoms with Crippen LogP contribution < -0.4 is 5.32 Å². The zero-order valence-corrected chi connectivity index (χ0v) is 11.7. The fourth-order valence-corrected chi connectivity index (χ4v) is 2.17. The molecule has 1 saturated heterocycles. The number of likely N-dealkylation sites (tertiary alicyclic amines) is 1.